The Morgan fingerprint density at radius 2 is 1.76 bits per heavy atom. The fraction of sp³-hybridized carbons (Fsp3) is 0.667. The van der Waals surface area contributed by atoms with Crippen LogP contribution in [0.15, 0.2) is 0 Å². The molecule has 1 rings (SSSR count). The van der Waals surface area contributed by atoms with Gasteiger partial charge in [-0.05, 0) is 19.8 Å². The van der Waals surface area contributed by atoms with E-state index in [2.05, 4.69) is 28.7 Å². The monoisotopic (exact) mass is 238 g/mol. The number of anilines is 2. The Kier molecular flexibility index (Phi) is 5.00. The van der Waals surface area contributed by atoms with Crippen LogP contribution in [0.2, 0.25) is 0 Å². The molecule has 0 saturated heterocycles. The quantitative estimate of drug-likeness (QED) is 0.821. The first-order valence-electron chi connectivity index (χ1n) is 6.07. The van der Waals surface area contributed by atoms with Crippen molar-refractivity contribution < 1.29 is 4.74 Å². The summed E-state index contributed by atoms with van der Waals surface area (Å²) in [4.78, 5) is 10.9. The number of nitrogens with two attached hydrogens (primary N) is 1. The molecule has 2 N–H and O–H groups in total. The standard InChI is InChI=1S/C12H22N4O/c1-5-7-16(8-6-2)12-14-9(3)10(13)11(15-12)17-4/h5-8,13H2,1-4H3. The average Bonchev–Trinajstić information content (AvgIpc) is 2.32. The first-order valence-corrected chi connectivity index (χ1v) is 6.07. The highest BCUT2D eigenvalue weighted by molar-refractivity contribution is 5.54. The first kappa shape index (κ1) is 13.5. The molecule has 0 aromatic carbocycles. The second-order valence-corrected chi connectivity index (χ2v) is 4.02. The van der Waals surface area contributed by atoms with Crippen LogP contribution in [0, 0.1) is 6.92 Å². The summed E-state index contributed by atoms with van der Waals surface area (Å²) in [6.45, 7) is 8.05. The molecule has 17 heavy (non-hydrogen) atoms. The highest BCUT2D eigenvalue weighted by atomic mass is 16.5. The number of nitrogen functional groups attached to an aromatic ring is 1. The molecule has 1 aromatic heterocycles. The molecule has 96 valence electrons. The van der Waals surface area contributed by atoms with Gasteiger partial charge in [0.1, 0.15) is 5.69 Å². The number of rotatable bonds is 6. The molecule has 0 aliphatic rings. The fourth-order valence-electron chi connectivity index (χ4n) is 1.69. The number of nitrogens with zero attached hydrogens (tertiary/aromatic N) is 3. The van der Waals surface area contributed by atoms with Gasteiger partial charge in [-0.1, -0.05) is 13.8 Å². The van der Waals surface area contributed by atoms with Gasteiger partial charge < -0.3 is 15.4 Å². The van der Waals surface area contributed by atoms with Crippen molar-refractivity contribution in [3.63, 3.8) is 0 Å². The maximum absolute atomic E-state index is 5.84. The van der Waals surface area contributed by atoms with Crippen molar-refractivity contribution >= 4 is 11.6 Å². The predicted octanol–water partition coefficient (Wildman–Crippen LogP) is 2.00. The van der Waals surface area contributed by atoms with Crippen molar-refractivity contribution in [3.8, 4) is 5.88 Å². The molecule has 0 unspecified atom stereocenters. The Labute approximate surface area is 103 Å². The van der Waals surface area contributed by atoms with Crippen molar-refractivity contribution in [2.75, 3.05) is 30.8 Å². The number of hydrogen-bond acceptors (Lipinski definition) is 5. The van der Waals surface area contributed by atoms with Gasteiger partial charge in [-0.15, -0.1) is 0 Å². The molecule has 5 nitrogen and oxygen atoms in total. The van der Waals surface area contributed by atoms with E-state index in [-0.39, 0.29) is 0 Å². The third-order valence-electron chi connectivity index (χ3n) is 2.55. The van der Waals surface area contributed by atoms with E-state index in [0.717, 1.165) is 31.6 Å². The summed E-state index contributed by atoms with van der Waals surface area (Å²) in [6.07, 6.45) is 2.13. The van der Waals surface area contributed by atoms with Gasteiger partial charge in [0.15, 0.2) is 0 Å². The van der Waals surface area contributed by atoms with E-state index in [1.165, 1.54) is 0 Å². The molecule has 5 heteroatoms. The zero-order chi connectivity index (χ0) is 12.8. The van der Waals surface area contributed by atoms with Crippen LogP contribution >= 0.6 is 0 Å². The van der Waals surface area contributed by atoms with Gasteiger partial charge in [-0.2, -0.15) is 4.98 Å². The zero-order valence-electron chi connectivity index (χ0n) is 11.2. The molecule has 0 saturated carbocycles. The third-order valence-corrected chi connectivity index (χ3v) is 2.55. The summed E-state index contributed by atoms with van der Waals surface area (Å²) in [5.74, 6) is 1.17. The molecular weight excluding hydrogens is 216 g/mol. The lowest BCUT2D eigenvalue weighted by Gasteiger charge is -2.22. The second-order valence-electron chi connectivity index (χ2n) is 4.02. The lowest BCUT2D eigenvalue weighted by atomic mass is 10.3. The minimum atomic E-state index is 0.463. The van der Waals surface area contributed by atoms with Gasteiger partial charge in [0.2, 0.25) is 11.8 Å². The summed E-state index contributed by atoms with van der Waals surface area (Å²) >= 11 is 0. The van der Waals surface area contributed by atoms with Crippen LogP contribution in [0.1, 0.15) is 32.4 Å². The van der Waals surface area contributed by atoms with Gasteiger partial charge >= 0.3 is 0 Å². The van der Waals surface area contributed by atoms with Gasteiger partial charge in [-0.3, -0.25) is 0 Å². The van der Waals surface area contributed by atoms with E-state index < -0.39 is 0 Å². The van der Waals surface area contributed by atoms with Crippen LogP contribution in [-0.2, 0) is 0 Å². The summed E-state index contributed by atoms with van der Waals surface area (Å²) in [5.41, 5.74) is 7.13. The topological polar surface area (TPSA) is 64.3 Å². The Morgan fingerprint density at radius 3 is 2.24 bits per heavy atom. The molecule has 0 bridgehead atoms. The Balaban J connectivity index is 3.06. The molecule has 1 aromatic rings. The van der Waals surface area contributed by atoms with Crippen LogP contribution in [0.4, 0.5) is 11.6 Å². The maximum Gasteiger partial charge on any atom is 0.242 e. The highest BCUT2D eigenvalue weighted by Crippen LogP contribution is 2.24. The largest absolute Gasteiger partial charge is 0.479 e. The Hall–Kier alpha value is -1.52. The molecule has 0 fully saturated rings. The van der Waals surface area contributed by atoms with Crippen LogP contribution in [0.25, 0.3) is 0 Å². The molecule has 0 spiro atoms. The summed E-state index contributed by atoms with van der Waals surface area (Å²) in [5, 5.41) is 0. The van der Waals surface area contributed by atoms with Crippen LogP contribution in [-0.4, -0.2) is 30.2 Å². The summed E-state index contributed by atoms with van der Waals surface area (Å²) < 4.78 is 5.17. The number of hydrogen-bond donors (Lipinski definition) is 1. The third kappa shape index (κ3) is 3.22. The van der Waals surface area contributed by atoms with Crippen molar-refractivity contribution in [2.45, 2.75) is 33.6 Å². The number of aryl methyl sites for hydroxylation is 1. The lowest BCUT2D eigenvalue weighted by Crippen LogP contribution is -2.27. The molecule has 0 aliphatic heterocycles. The highest BCUT2D eigenvalue weighted by Gasteiger charge is 2.13. The molecule has 0 aliphatic carbocycles. The number of methoxy groups -OCH3 is 1. The van der Waals surface area contributed by atoms with Crippen molar-refractivity contribution in [3.05, 3.63) is 5.69 Å². The van der Waals surface area contributed by atoms with Crippen LogP contribution in [0.3, 0.4) is 0 Å². The summed E-state index contributed by atoms with van der Waals surface area (Å²) in [6, 6.07) is 0. The van der Waals surface area contributed by atoms with E-state index in [1.807, 2.05) is 6.92 Å². The van der Waals surface area contributed by atoms with Gasteiger partial charge in [0.05, 0.1) is 12.8 Å². The number of aromatic nitrogens is 2. The van der Waals surface area contributed by atoms with Gasteiger partial charge in [-0.25, -0.2) is 4.98 Å². The van der Waals surface area contributed by atoms with Crippen molar-refractivity contribution in [1.82, 2.24) is 9.97 Å². The molecule has 0 atom stereocenters. The predicted molar refractivity (Wildman–Crippen MR) is 70.5 cm³/mol. The second kappa shape index (κ2) is 6.27. The average molecular weight is 238 g/mol. The molecular formula is C12H22N4O. The smallest absolute Gasteiger partial charge is 0.242 e. The Morgan fingerprint density at radius 1 is 1.18 bits per heavy atom. The molecule has 1 heterocycles. The van der Waals surface area contributed by atoms with E-state index in [1.54, 1.807) is 7.11 Å². The van der Waals surface area contributed by atoms with Gasteiger partial charge in [0, 0.05) is 13.1 Å². The lowest BCUT2D eigenvalue weighted by molar-refractivity contribution is 0.398. The molecule has 0 amide bonds. The van der Waals surface area contributed by atoms with Crippen molar-refractivity contribution in [1.29, 1.82) is 0 Å². The van der Waals surface area contributed by atoms with E-state index >= 15 is 0 Å². The first-order chi connectivity index (χ1) is 8.13. The fourth-order valence-corrected chi connectivity index (χ4v) is 1.69. The van der Waals surface area contributed by atoms with Gasteiger partial charge in [0.25, 0.3) is 0 Å². The maximum atomic E-state index is 5.84. The molecule has 0 radical (unpaired) electrons. The SMILES string of the molecule is CCCN(CCC)c1nc(C)c(N)c(OC)n1. The van der Waals surface area contributed by atoms with E-state index in [0.29, 0.717) is 17.5 Å². The van der Waals surface area contributed by atoms with E-state index in [9.17, 15) is 0 Å². The van der Waals surface area contributed by atoms with E-state index in [4.69, 9.17) is 10.5 Å². The Bertz CT molecular complexity index is 362. The normalized spacial score (nSPS) is 10.4. The minimum Gasteiger partial charge on any atom is -0.479 e. The number of ether oxygens (including phenoxy) is 1. The van der Waals surface area contributed by atoms with Crippen molar-refractivity contribution in [2.24, 2.45) is 0 Å². The zero-order valence-corrected chi connectivity index (χ0v) is 11.2. The minimum absolute atomic E-state index is 0.463. The van der Waals surface area contributed by atoms with Crippen LogP contribution in [0.5, 0.6) is 5.88 Å². The summed E-state index contributed by atoms with van der Waals surface area (Å²) in [7, 11) is 1.58. The van der Waals surface area contributed by atoms with Crippen LogP contribution < -0.4 is 15.4 Å².